The molecule has 0 aliphatic carbocycles. The van der Waals surface area contributed by atoms with Gasteiger partial charge in [-0.1, -0.05) is 29.8 Å². The third kappa shape index (κ3) is 6.16. The van der Waals surface area contributed by atoms with Gasteiger partial charge in [-0.25, -0.2) is 13.8 Å². The normalized spacial score (nSPS) is 11.3. The van der Waals surface area contributed by atoms with E-state index in [0.717, 1.165) is 11.1 Å². The van der Waals surface area contributed by atoms with Crippen molar-refractivity contribution in [2.24, 2.45) is 5.10 Å². The molecule has 8 heteroatoms. The van der Waals surface area contributed by atoms with Gasteiger partial charge in [0.15, 0.2) is 0 Å². The summed E-state index contributed by atoms with van der Waals surface area (Å²) in [7, 11) is -3.76. The van der Waals surface area contributed by atoms with Crippen molar-refractivity contribution in [1.29, 1.82) is 0 Å². The van der Waals surface area contributed by atoms with Crippen LogP contribution in [0.15, 0.2) is 82.8 Å². The predicted molar refractivity (Wildman–Crippen MR) is 121 cm³/mol. The Morgan fingerprint density at radius 2 is 1.61 bits per heavy atom. The zero-order valence-corrected chi connectivity index (χ0v) is 18.0. The van der Waals surface area contributed by atoms with Crippen LogP contribution in [0.4, 0.5) is 5.69 Å². The average molecular weight is 438 g/mol. The van der Waals surface area contributed by atoms with Crippen molar-refractivity contribution in [2.45, 2.75) is 18.7 Å². The largest absolute Gasteiger partial charge is 0.494 e. The molecule has 1 amide bonds. The number of carbonyl (C=O) groups is 1. The molecule has 0 radical (unpaired) electrons. The van der Waals surface area contributed by atoms with Crippen LogP contribution in [0.1, 0.15) is 28.4 Å². The number of benzene rings is 3. The van der Waals surface area contributed by atoms with Crippen LogP contribution in [0.5, 0.6) is 5.75 Å². The van der Waals surface area contributed by atoms with Gasteiger partial charge in [0.2, 0.25) is 0 Å². The first-order valence-corrected chi connectivity index (χ1v) is 11.1. The molecule has 31 heavy (non-hydrogen) atoms. The van der Waals surface area contributed by atoms with E-state index < -0.39 is 15.9 Å². The average Bonchev–Trinajstić information content (AvgIpc) is 2.76. The van der Waals surface area contributed by atoms with E-state index in [2.05, 4.69) is 15.2 Å². The summed E-state index contributed by atoms with van der Waals surface area (Å²) < 4.78 is 32.9. The van der Waals surface area contributed by atoms with Gasteiger partial charge < -0.3 is 4.74 Å². The second-order valence-corrected chi connectivity index (χ2v) is 8.38. The van der Waals surface area contributed by atoms with Crippen LogP contribution in [-0.2, 0) is 10.0 Å². The standard InChI is InChI=1S/C23H23N3O4S/c1-3-30-21-12-14-22(15-13-21)31(28,29)26-20-10-8-19(9-11-20)23(27)25-24-16-18-6-4-17(2)5-7-18/h4-16,26H,3H2,1-2H3,(H,25,27)/b24-16+. The van der Waals surface area contributed by atoms with Crippen molar-refractivity contribution < 1.29 is 17.9 Å². The molecule has 0 heterocycles. The molecule has 0 aliphatic rings. The van der Waals surface area contributed by atoms with Gasteiger partial charge in [-0.2, -0.15) is 5.10 Å². The van der Waals surface area contributed by atoms with Crippen LogP contribution < -0.4 is 14.9 Å². The Kier molecular flexibility index (Phi) is 7.04. The van der Waals surface area contributed by atoms with E-state index in [1.54, 1.807) is 18.3 Å². The number of hydrazone groups is 1. The number of rotatable bonds is 8. The topological polar surface area (TPSA) is 96.9 Å². The highest BCUT2D eigenvalue weighted by Gasteiger charge is 2.14. The van der Waals surface area contributed by atoms with Crippen molar-refractivity contribution >= 4 is 27.8 Å². The highest BCUT2D eigenvalue weighted by molar-refractivity contribution is 7.92. The summed E-state index contributed by atoms with van der Waals surface area (Å²) in [5.74, 6) is 0.200. The molecular formula is C23H23N3O4S. The molecule has 0 saturated heterocycles. The molecule has 3 aromatic rings. The molecule has 0 aromatic heterocycles. The first-order valence-electron chi connectivity index (χ1n) is 9.63. The number of sulfonamides is 1. The molecule has 3 aromatic carbocycles. The highest BCUT2D eigenvalue weighted by atomic mass is 32.2. The van der Waals surface area contributed by atoms with Gasteiger partial charge in [0.1, 0.15) is 5.75 Å². The van der Waals surface area contributed by atoms with Crippen LogP contribution in [0, 0.1) is 6.92 Å². The molecule has 0 fully saturated rings. The van der Waals surface area contributed by atoms with Crippen molar-refractivity contribution in [3.05, 3.63) is 89.5 Å². The number of hydrogen-bond donors (Lipinski definition) is 2. The lowest BCUT2D eigenvalue weighted by Gasteiger charge is -2.09. The maximum Gasteiger partial charge on any atom is 0.271 e. The van der Waals surface area contributed by atoms with E-state index in [9.17, 15) is 13.2 Å². The van der Waals surface area contributed by atoms with Crippen LogP contribution in [-0.4, -0.2) is 27.1 Å². The zero-order valence-electron chi connectivity index (χ0n) is 17.2. The Morgan fingerprint density at radius 3 is 2.23 bits per heavy atom. The molecule has 0 spiro atoms. The van der Waals surface area contributed by atoms with Crippen LogP contribution in [0.3, 0.4) is 0 Å². The van der Waals surface area contributed by atoms with Gasteiger partial charge >= 0.3 is 0 Å². The highest BCUT2D eigenvalue weighted by Crippen LogP contribution is 2.19. The second-order valence-electron chi connectivity index (χ2n) is 6.70. The number of ether oxygens (including phenoxy) is 1. The smallest absolute Gasteiger partial charge is 0.271 e. The van der Waals surface area contributed by atoms with E-state index >= 15 is 0 Å². The molecule has 2 N–H and O–H groups in total. The molecule has 3 rings (SSSR count). The number of carbonyl (C=O) groups excluding carboxylic acids is 1. The summed E-state index contributed by atoms with van der Waals surface area (Å²) >= 11 is 0. The molecule has 0 aliphatic heterocycles. The summed E-state index contributed by atoms with van der Waals surface area (Å²) in [5.41, 5.74) is 5.15. The number of hydrogen-bond acceptors (Lipinski definition) is 5. The first kappa shape index (κ1) is 22.0. The molecule has 0 unspecified atom stereocenters. The third-order valence-electron chi connectivity index (χ3n) is 4.30. The number of nitrogens with one attached hydrogen (secondary N) is 2. The van der Waals surface area contributed by atoms with Gasteiger partial charge in [0.25, 0.3) is 15.9 Å². The molecule has 7 nitrogen and oxygen atoms in total. The number of amides is 1. The van der Waals surface area contributed by atoms with Crippen molar-refractivity contribution in [2.75, 3.05) is 11.3 Å². The molecule has 160 valence electrons. The van der Waals surface area contributed by atoms with E-state index in [0.29, 0.717) is 23.6 Å². The van der Waals surface area contributed by atoms with Gasteiger partial charge in [0, 0.05) is 11.3 Å². The molecule has 0 atom stereocenters. The maximum absolute atomic E-state index is 12.5. The Balaban J connectivity index is 1.61. The second kappa shape index (κ2) is 9.90. The van der Waals surface area contributed by atoms with Crippen molar-refractivity contribution in [1.82, 2.24) is 5.43 Å². The fourth-order valence-corrected chi connectivity index (χ4v) is 3.73. The Bertz CT molecular complexity index is 1150. The summed E-state index contributed by atoms with van der Waals surface area (Å²) in [5, 5.41) is 3.94. The van der Waals surface area contributed by atoms with Crippen molar-refractivity contribution in [3.8, 4) is 5.75 Å². The first-order chi connectivity index (χ1) is 14.9. The Labute approximate surface area is 181 Å². The van der Waals surface area contributed by atoms with Crippen LogP contribution in [0.2, 0.25) is 0 Å². The lowest BCUT2D eigenvalue weighted by Crippen LogP contribution is -2.18. The fraction of sp³-hybridized carbons (Fsp3) is 0.130. The minimum atomic E-state index is -3.76. The lowest BCUT2D eigenvalue weighted by atomic mass is 10.2. The zero-order chi connectivity index (χ0) is 22.3. The molecule has 0 bridgehead atoms. The summed E-state index contributed by atoms with van der Waals surface area (Å²) in [6.45, 7) is 4.35. The molecule has 0 saturated carbocycles. The number of aryl methyl sites for hydroxylation is 1. The van der Waals surface area contributed by atoms with Gasteiger partial charge in [-0.15, -0.1) is 0 Å². The quantitative estimate of drug-likeness (QED) is 0.412. The Morgan fingerprint density at radius 1 is 0.968 bits per heavy atom. The minimum Gasteiger partial charge on any atom is -0.494 e. The Hall–Kier alpha value is -3.65. The summed E-state index contributed by atoms with van der Waals surface area (Å²) in [6, 6.07) is 19.9. The predicted octanol–water partition coefficient (Wildman–Crippen LogP) is 3.96. The van der Waals surface area contributed by atoms with E-state index in [1.807, 2.05) is 38.1 Å². The lowest BCUT2D eigenvalue weighted by molar-refractivity contribution is 0.0955. The van der Waals surface area contributed by atoms with Gasteiger partial charge in [-0.05, 0) is 67.9 Å². The minimum absolute atomic E-state index is 0.114. The number of anilines is 1. The van der Waals surface area contributed by atoms with Gasteiger partial charge in [-0.3, -0.25) is 9.52 Å². The van der Waals surface area contributed by atoms with Gasteiger partial charge in [0.05, 0.1) is 17.7 Å². The van der Waals surface area contributed by atoms with Crippen LogP contribution in [0.25, 0.3) is 0 Å². The summed E-state index contributed by atoms with van der Waals surface area (Å²) in [4.78, 5) is 12.3. The molecular weight excluding hydrogens is 414 g/mol. The summed E-state index contributed by atoms with van der Waals surface area (Å²) in [6.07, 6.45) is 1.55. The third-order valence-corrected chi connectivity index (χ3v) is 5.70. The maximum atomic E-state index is 12.5. The van der Waals surface area contributed by atoms with E-state index in [-0.39, 0.29) is 4.90 Å². The van der Waals surface area contributed by atoms with E-state index in [1.165, 1.54) is 36.4 Å². The number of nitrogens with zero attached hydrogens (tertiary/aromatic N) is 1. The van der Waals surface area contributed by atoms with Crippen LogP contribution >= 0.6 is 0 Å². The van der Waals surface area contributed by atoms with E-state index in [4.69, 9.17) is 4.74 Å². The monoisotopic (exact) mass is 437 g/mol. The van der Waals surface area contributed by atoms with Crippen molar-refractivity contribution in [3.63, 3.8) is 0 Å². The fourth-order valence-electron chi connectivity index (χ4n) is 2.67. The SMILES string of the molecule is CCOc1ccc(S(=O)(=O)Nc2ccc(C(=O)N/N=C/c3ccc(C)cc3)cc2)cc1.